The first-order valence-corrected chi connectivity index (χ1v) is 13.2. The predicted octanol–water partition coefficient (Wildman–Crippen LogP) is 8.86. The van der Waals surface area contributed by atoms with E-state index in [1.807, 2.05) is 0 Å². The molecule has 2 aliphatic rings. The van der Waals surface area contributed by atoms with Crippen molar-refractivity contribution < 1.29 is 13.8 Å². The van der Waals surface area contributed by atoms with E-state index in [0.717, 1.165) is 36.3 Å². The first kappa shape index (κ1) is 25.0. The zero-order chi connectivity index (χ0) is 24.5. The Labute approximate surface area is 207 Å². The van der Waals surface area contributed by atoms with Crippen molar-refractivity contribution in [2.75, 3.05) is 7.11 Å². The average Bonchev–Trinajstić information content (AvgIpc) is 2.77. The maximum Gasteiger partial charge on any atom is 0.215 e. The Hall–Kier alpha value is -2.09. The van der Waals surface area contributed by atoms with Gasteiger partial charge in [0.1, 0.15) is 11.5 Å². The molecular weight excluding hydrogens is 439 g/mol. The summed E-state index contributed by atoms with van der Waals surface area (Å²) in [5, 5.41) is 2.39. The maximum absolute atomic E-state index is 6.56. The highest BCUT2D eigenvalue weighted by Crippen LogP contribution is 2.48. The molecule has 3 unspecified atom stereocenters. The molecule has 0 amide bonds. The standard InChI is InChI=1S/C30H39O3P/c1-20-15-25(24-17-21-11-8-9-12-22(21)18-27(24)31-7)28(26(16-20)29(2,3)4)33-34-32-23-13-10-14-30(5,6)19-23/h8-12,14,16-18,20,23,34H,13,15,19H2,1-7H3. The van der Waals surface area contributed by atoms with Crippen LogP contribution in [0.15, 0.2) is 66.0 Å². The smallest absolute Gasteiger partial charge is 0.215 e. The van der Waals surface area contributed by atoms with Crippen molar-refractivity contribution >= 4 is 25.4 Å². The van der Waals surface area contributed by atoms with Gasteiger partial charge in [0, 0.05) is 11.1 Å². The zero-order valence-electron chi connectivity index (χ0n) is 21.7. The van der Waals surface area contributed by atoms with Crippen molar-refractivity contribution in [1.82, 2.24) is 0 Å². The first-order valence-electron chi connectivity index (χ1n) is 12.4. The quantitative estimate of drug-likeness (QED) is 0.306. The van der Waals surface area contributed by atoms with Gasteiger partial charge in [-0.25, -0.2) is 0 Å². The minimum Gasteiger partial charge on any atom is -0.496 e. The van der Waals surface area contributed by atoms with Gasteiger partial charge < -0.3 is 13.8 Å². The molecule has 0 aromatic heterocycles. The predicted molar refractivity (Wildman–Crippen MR) is 145 cm³/mol. The van der Waals surface area contributed by atoms with E-state index in [9.17, 15) is 0 Å². The van der Waals surface area contributed by atoms with E-state index in [2.05, 4.69) is 96.2 Å². The number of benzene rings is 2. The second-order valence-electron chi connectivity index (χ2n) is 11.5. The van der Waals surface area contributed by atoms with Gasteiger partial charge in [0.15, 0.2) is 0 Å². The monoisotopic (exact) mass is 478 g/mol. The Morgan fingerprint density at radius 2 is 1.76 bits per heavy atom. The lowest BCUT2D eigenvalue weighted by Crippen LogP contribution is -2.23. The van der Waals surface area contributed by atoms with Gasteiger partial charge in [-0.15, -0.1) is 0 Å². The summed E-state index contributed by atoms with van der Waals surface area (Å²) in [5.41, 5.74) is 3.70. The van der Waals surface area contributed by atoms with Gasteiger partial charge >= 0.3 is 0 Å². The highest BCUT2D eigenvalue weighted by atomic mass is 31.1. The highest BCUT2D eigenvalue weighted by Gasteiger charge is 2.32. The fraction of sp³-hybridized carbons (Fsp3) is 0.467. The van der Waals surface area contributed by atoms with E-state index in [1.165, 1.54) is 21.9 Å². The van der Waals surface area contributed by atoms with Crippen molar-refractivity contribution in [3.63, 3.8) is 0 Å². The Morgan fingerprint density at radius 1 is 1.06 bits per heavy atom. The van der Waals surface area contributed by atoms with Crippen LogP contribution in [0.5, 0.6) is 5.75 Å². The van der Waals surface area contributed by atoms with Gasteiger partial charge in [0.05, 0.1) is 13.2 Å². The summed E-state index contributed by atoms with van der Waals surface area (Å²) in [6.07, 6.45) is 9.99. The van der Waals surface area contributed by atoms with Crippen LogP contribution in [-0.2, 0) is 9.05 Å². The van der Waals surface area contributed by atoms with Gasteiger partial charge in [0.25, 0.3) is 0 Å². The normalized spacial score (nSPS) is 23.0. The molecule has 0 saturated heterocycles. The number of ether oxygens (including phenoxy) is 1. The number of hydrogen-bond donors (Lipinski definition) is 0. The minimum absolute atomic E-state index is 0.0366. The maximum atomic E-state index is 6.56. The van der Waals surface area contributed by atoms with E-state index >= 15 is 0 Å². The van der Waals surface area contributed by atoms with Gasteiger partial charge in [-0.1, -0.05) is 84.0 Å². The molecule has 3 nitrogen and oxygen atoms in total. The average molecular weight is 479 g/mol. The Morgan fingerprint density at radius 3 is 2.41 bits per heavy atom. The van der Waals surface area contributed by atoms with Crippen LogP contribution in [0.4, 0.5) is 0 Å². The molecular formula is C30H39O3P. The second kappa shape index (κ2) is 9.88. The molecule has 4 rings (SSSR count). The minimum atomic E-state index is -0.0423. The molecule has 2 aromatic rings. The summed E-state index contributed by atoms with van der Waals surface area (Å²) >= 11 is 0. The van der Waals surface area contributed by atoms with E-state index < -0.39 is 0 Å². The van der Waals surface area contributed by atoms with Crippen molar-refractivity contribution in [3.05, 3.63) is 71.5 Å². The second-order valence-corrected chi connectivity index (χ2v) is 12.1. The third-order valence-electron chi connectivity index (χ3n) is 6.78. The summed E-state index contributed by atoms with van der Waals surface area (Å²) < 4.78 is 18.7. The van der Waals surface area contributed by atoms with Crippen LogP contribution in [0.1, 0.15) is 66.4 Å². The van der Waals surface area contributed by atoms with E-state index in [4.69, 9.17) is 13.8 Å². The molecule has 0 heterocycles. The topological polar surface area (TPSA) is 27.7 Å². The first-order chi connectivity index (χ1) is 16.1. The van der Waals surface area contributed by atoms with Gasteiger partial charge in [-0.2, -0.15) is 0 Å². The molecule has 0 saturated carbocycles. The Kier molecular flexibility index (Phi) is 7.27. The number of allylic oxidation sites excluding steroid dienone is 4. The molecule has 2 aliphatic carbocycles. The summed E-state index contributed by atoms with van der Waals surface area (Å²) in [5.74, 6) is 2.27. The molecule has 0 bridgehead atoms. The molecule has 34 heavy (non-hydrogen) atoms. The number of rotatable bonds is 6. The Balaban J connectivity index is 1.72. The Bertz CT molecular complexity index is 1130. The lowest BCUT2D eigenvalue weighted by Gasteiger charge is -2.34. The molecule has 0 fully saturated rings. The number of fused-ring (bicyclic) bond motifs is 1. The fourth-order valence-electron chi connectivity index (χ4n) is 5.06. The van der Waals surface area contributed by atoms with E-state index in [0.29, 0.717) is 5.92 Å². The molecule has 2 aromatic carbocycles. The largest absolute Gasteiger partial charge is 0.496 e. The summed E-state index contributed by atoms with van der Waals surface area (Å²) in [6.45, 7) is 13.6. The lowest BCUT2D eigenvalue weighted by molar-refractivity contribution is 0.153. The van der Waals surface area contributed by atoms with Gasteiger partial charge in [0.2, 0.25) is 9.03 Å². The van der Waals surface area contributed by atoms with Crippen molar-refractivity contribution in [1.29, 1.82) is 0 Å². The molecule has 4 heteroatoms. The van der Waals surface area contributed by atoms with E-state index in [1.54, 1.807) is 7.11 Å². The third kappa shape index (κ3) is 5.58. The molecule has 0 spiro atoms. The van der Waals surface area contributed by atoms with Crippen LogP contribution in [0.2, 0.25) is 0 Å². The fourth-order valence-corrected chi connectivity index (χ4v) is 5.74. The van der Waals surface area contributed by atoms with Crippen molar-refractivity contribution in [3.8, 4) is 5.75 Å². The van der Waals surface area contributed by atoms with Crippen LogP contribution in [0.25, 0.3) is 16.3 Å². The van der Waals surface area contributed by atoms with Crippen molar-refractivity contribution in [2.24, 2.45) is 16.7 Å². The third-order valence-corrected chi connectivity index (χ3v) is 7.49. The molecule has 0 radical (unpaired) electrons. The van der Waals surface area contributed by atoms with E-state index in [-0.39, 0.29) is 26.0 Å². The van der Waals surface area contributed by atoms with Crippen LogP contribution >= 0.6 is 9.03 Å². The van der Waals surface area contributed by atoms with Crippen molar-refractivity contribution in [2.45, 2.75) is 66.9 Å². The van der Waals surface area contributed by atoms with Gasteiger partial charge in [-0.3, -0.25) is 0 Å². The van der Waals surface area contributed by atoms with Crippen LogP contribution < -0.4 is 4.74 Å². The lowest BCUT2D eigenvalue weighted by atomic mass is 9.76. The molecule has 0 aliphatic heterocycles. The molecule has 0 N–H and O–H groups in total. The highest BCUT2D eigenvalue weighted by molar-refractivity contribution is 7.26. The van der Waals surface area contributed by atoms with Crippen LogP contribution in [-0.4, -0.2) is 13.2 Å². The SMILES string of the molecule is COc1cc2ccccc2cc1C1=C(OPOC2CC=CC(C)(C)C2)C(C(C)(C)C)=CC(C)C1. The number of hydrogen-bond acceptors (Lipinski definition) is 3. The number of methoxy groups -OCH3 is 1. The summed E-state index contributed by atoms with van der Waals surface area (Å²) in [7, 11) is 1.72. The van der Waals surface area contributed by atoms with Crippen LogP contribution in [0.3, 0.4) is 0 Å². The van der Waals surface area contributed by atoms with Gasteiger partial charge in [-0.05, 0) is 64.5 Å². The van der Waals surface area contributed by atoms with Crippen LogP contribution in [0, 0.1) is 16.7 Å². The molecule has 182 valence electrons. The zero-order valence-corrected chi connectivity index (χ0v) is 22.7. The molecule has 3 atom stereocenters. The summed E-state index contributed by atoms with van der Waals surface area (Å²) in [4.78, 5) is 0. The summed E-state index contributed by atoms with van der Waals surface area (Å²) in [6, 6.07) is 12.8.